The summed E-state index contributed by atoms with van der Waals surface area (Å²) in [5.74, 6) is -16.2. The van der Waals surface area contributed by atoms with Gasteiger partial charge in [0.15, 0.2) is 5.96 Å². The van der Waals surface area contributed by atoms with Crippen LogP contribution in [0.2, 0.25) is 0 Å². The van der Waals surface area contributed by atoms with Crippen molar-refractivity contribution >= 4 is 112 Å². The average Bonchev–Trinajstić information content (AvgIpc) is 1.16. The third-order valence-electron chi connectivity index (χ3n) is 20.1. The highest BCUT2D eigenvalue weighted by molar-refractivity contribution is 7.98. The molecule has 684 valence electrons. The van der Waals surface area contributed by atoms with Crippen LogP contribution in [0.3, 0.4) is 0 Å². The van der Waals surface area contributed by atoms with E-state index in [1.807, 2.05) is 0 Å². The number of amides is 15. The first-order valence-electron chi connectivity index (χ1n) is 41.4. The molecule has 3 rings (SSSR count). The maximum absolute atomic E-state index is 14.9. The number of nitrogens with zero attached hydrogens (tertiary/aromatic N) is 2. The summed E-state index contributed by atoms with van der Waals surface area (Å²) >= 11 is 1.31. The zero-order chi connectivity index (χ0) is 92.2. The highest BCUT2D eigenvalue weighted by atomic mass is 32.2. The molecule has 15 amide bonds. The van der Waals surface area contributed by atoms with Crippen LogP contribution in [-0.2, 0) is 96.0 Å². The number of carboxylic acids is 1. The van der Waals surface area contributed by atoms with Crippen molar-refractivity contribution in [1.29, 1.82) is 0 Å². The number of aliphatic hydroxyl groups is 1. The Kier molecular flexibility index (Phi) is 47.8. The predicted molar refractivity (Wildman–Crippen MR) is 460 cm³/mol. The van der Waals surface area contributed by atoms with Gasteiger partial charge in [0.25, 0.3) is 0 Å². The van der Waals surface area contributed by atoms with Gasteiger partial charge in [0.05, 0.1) is 12.4 Å². The van der Waals surface area contributed by atoms with Gasteiger partial charge in [0.2, 0.25) is 88.6 Å². The Morgan fingerprint density at radius 1 is 0.431 bits per heavy atom. The second-order valence-corrected chi connectivity index (χ2v) is 32.1. The van der Waals surface area contributed by atoms with Gasteiger partial charge in [-0.15, -0.1) is 0 Å². The largest absolute Gasteiger partial charge is 0.480 e. The standard InChI is InChI=1S/C81H131N23O18S/c1-12-45(6)65(79(120)101-60(40-52-41-88-42-90-52)73(114)92-46(7)66(107)99-58(38-50-24-15-13-16-25-50)74(115)95-53(28-19-21-34-82)70(111)94-54(30-23-36-89-81(86)87)71(112)98-57(80(121)122)29-20-22-35-83)104-75(116)59(39-51-26-17-14-18-27-51)100-78(119)64(44(4)5)103-67(108)47(8)91-69(110)56(33-37-123-11)96-72(113)55(31-32-61(84)106)97-77(118)63(43(2)3)102-68(109)48(9)93-76(117)62(85)49(10)105/h13-18,24-27,41-49,53-60,62-65,105H,12,19-23,28-40,82-83,85H2,1-11H3,(H2,84,106)(H,88,90)(H,91,110)(H,92,114)(H,93,117)(H,94,111)(H,95,115)(H,96,113)(H,97,118)(H,98,112)(H,99,107)(H,100,119)(H,101,120)(H,102,109)(H,103,108)(H,104,116)(H,121,122)(H4,86,87,89)/t45-,46-,47-,48-,49+,53-,54-,55-,56-,57-,58-,59-,60-,62-,63-,64-,65-/m0/s1. The smallest absolute Gasteiger partial charge is 0.326 e. The van der Waals surface area contributed by atoms with Crippen LogP contribution in [-0.4, -0.2) is 249 Å². The van der Waals surface area contributed by atoms with Crippen LogP contribution in [0.5, 0.6) is 0 Å². The van der Waals surface area contributed by atoms with Gasteiger partial charge in [0.1, 0.15) is 90.6 Å². The van der Waals surface area contributed by atoms with Gasteiger partial charge in [-0.3, -0.25) is 76.9 Å². The molecule has 3 aromatic rings. The van der Waals surface area contributed by atoms with E-state index >= 15 is 0 Å². The van der Waals surface area contributed by atoms with E-state index < -0.39 is 215 Å². The molecule has 0 saturated carbocycles. The maximum Gasteiger partial charge on any atom is 0.326 e. The number of aliphatic carboxylic acids is 1. The number of hydrogen-bond acceptors (Lipinski definition) is 23. The summed E-state index contributed by atoms with van der Waals surface area (Å²) in [5, 5.41) is 56.5. The Bertz CT molecular complexity index is 3960. The number of imidazole rings is 1. The summed E-state index contributed by atoms with van der Waals surface area (Å²) in [7, 11) is 0. The maximum atomic E-state index is 14.9. The molecule has 123 heavy (non-hydrogen) atoms. The van der Waals surface area contributed by atoms with Gasteiger partial charge < -0.3 is 124 Å². The molecule has 0 fully saturated rings. The van der Waals surface area contributed by atoms with E-state index in [-0.39, 0.29) is 95.6 Å². The highest BCUT2D eigenvalue weighted by Crippen LogP contribution is 2.17. The molecule has 1 heterocycles. The van der Waals surface area contributed by atoms with Crippen molar-refractivity contribution in [2.75, 3.05) is 31.6 Å². The number of carboxylic acid groups (broad SMARTS) is 1. The summed E-state index contributed by atoms with van der Waals surface area (Å²) in [6.45, 7) is 15.6. The monoisotopic (exact) mass is 1750 g/mol. The fourth-order valence-corrected chi connectivity index (χ4v) is 12.9. The first-order chi connectivity index (χ1) is 58.2. The number of aromatic nitrogens is 2. The van der Waals surface area contributed by atoms with E-state index in [0.29, 0.717) is 42.5 Å². The third kappa shape index (κ3) is 38.7. The molecule has 41 nitrogen and oxygen atoms in total. The molecule has 0 aliphatic rings. The SMILES string of the molecule is CC[C@H](C)[C@H](NC(=O)[C@H](Cc1ccccc1)NC(=O)[C@@H](NC(=O)[C@H](C)NC(=O)[C@H](CCSC)NC(=O)[C@H](CCC(N)=O)NC(=O)[C@@H](NC(=O)[C@H](C)NC(=O)[C@@H](N)[C@@H](C)O)C(C)C)C(C)C)C(=O)N[C@@H](Cc1cnc[nH]1)C(=O)N[C@@H](C)C(=O)N[C@@H](Cc1ccccc1)C(=O)N[C@@H](CCCCN)C(=O)N[C@@H](CCCN=C(N)N)C(=O)N[C@@H](CCCCN)C(=O)O. The summed E-state index contributed by atoms with van der Waals surface area (Å²) < 4.78 is 0. The van der Waals surface area contributed by atoms with Crippen molar-refractivity contribution in [3.63, 3.8) is 0 Å². The van der Waals surface area contributed by atoms with Crippen LogP contribution in [0, 0.1) is 17.8 Å². The summed E-state index contributed by atoms with van der Waals surface area (Å²) in [6.07, 6.45) is 3.87. The van der Waals surface area contributed by atoms with Crippen molar-refractivity contribution < 1.29 is 86.9 Å². The van der Waals surface area contributed by atoms with E-state index in [1.54, 1.807) is 108 Å². The van der Waals surface area contributed by atoms with Gasteiger partial charge >= 0.3 is 5.97 Å². The number of primary amides is 1. The summed E-state index contributed by atoms with van der Waals surface area (Å²) in [6, 6.07) is -3.85. The number of H-pyrrole nitrogens is 1. The van der Waals surface area contributed by atoms with E-state index in [0.717, 1.165) is 0 Å². The van der Waals surface area contributed by atoms with Crippen LogP contribution >= 0.6 is 11.8 Å². The number of thioether (sulfide) groups is 1. The number of hydrogen-bond donors (Lipinski definition) is 23. The van der Waals surface area contributed by atoms with Crippen LogP contribution in [0.25, 0.3) is 0 Å². The first kappa shape index (κ1) is 106. The van der Waals surface area contributed by atoms with Crippen molar-refractivity contribution in [2.45, 2.75) is 262 Å². The third-order valence-corrected chi connectivity index (χ3v) is 20.7. The number of aliphatic hydroxyl groups excluding tert-OH is 1. The molecule has 42 heteroatoms. The van der Waals surface area contributed by atoms with Gasteiger partial charge in [0, 0.05) is 44.1 Å². The molecule has 2 aromatic carbocycles. The van der Waals surface area contributed by atoms with Crippen LogP contribution < -0.4 is 109 Å². The van der Waals surface area contributed by atoms with Gasteiger partial charge in [-0.1, -0.05) is 109 Å². The summed E-state index contributed by atoms with van der Waals surface area (Å²) in [5.41, 5.74) is 35.2. The molecule has 0 bridgehead atoms. The lowest BCUT2D eigenvalue weighted by atomic mass is 9.96. The molecule has 17 atom stereocenters. The molecule has 0 saturated heterocycles. The topological polar surface area (TPSA) is 679 Å². The number of nitrogens with one attached hydrogen (secondary N) is 15. The van der Waals surface area contributed by atoms with E-state index in [1.165, 1.54) is 52.0 Å². The number of aliphatic imine (C=N–C) groups is 1. The fourth-order valence-electron chi connectivity index (χ4n) is 12.4. The number of guanidine groups is 1. The average molecular weight is 1750 g/mol. The van der Waals surface area contributed by atoms with Crippen molar-refractivity contribution in [1.82, 2.24) is 84.4 Å². The number of benzene rings is 2. The molecular weight excluding hydrogens is 1620 g/mol. The molecular formula is C81H131N23O18S. The normalized spacial score (nSPS) is 15.4. The fraction of sp³-hybridized carbons (Fsp3) is 0.605. The number of carbonyl (C=O) groups is 16. The highest BCUT2D eigenvalue weighted by Gasteiger charge is 2.40. The van der Waals surface area contributed by atoms with Crippen molar-refractivity contribution in [2.24, 2.45) is 57.1 Å². The number of unbranched alkanes of at least 4 members (excludes halogenated alkanes) is 2. The van der Waals surface area contributed by atoms with Crippen LogP contribution in [0.1, 0.15) is 163 Å². The molecule has 29 N–H and O–H groups in total. The zero-order valence-electron chi connectivity index (χ0n) is 72.0. The van der Waals surface area contributed by atoms with E-state index in [9.17, 15) is 86.9 Å². The number of rotatable bonds is 58. The van der Waals surface area contributed by atoms with E-state index in [4.69, 9.17) is 34.4 Å². The van der Waals surface area contributed by atoms with Crippen molar-refractivity contribution in [3.8, 4) is 0 Å². The Labute approximate surface area is 721 Å². The van der Waals surface area contributed by atoms with Gasteiger partial charge in [-0.25, -0.2) is 9.78 Å². The Balaban J connectivity index is 1.93. The number of nitrogens with two attached hydrogens (primary N) is 6. The molecule has 1 aromatic heterocycles. The lowest BCUT2D eigenvalue weighted by Crippen LogP contribution is -2.62. The van der Waals surface area contributed by atoms with Crippen LogP contribution in [0.4, 0.5) is 0 Å². The quantitative estimate of drug-likeness (QED) is 0.0145. The summed E-state index contributed by atoms with van der Waals surface area (Å²) in [4.78, 5) is 234. The first-order valence-corrected chi connectivity index (χ1v) is 42.8. The Hall–Kier alpha value is -11.4. The minimum absolute atomic E-state index is 0.00557. The zero-order valence-corrected chi connectivity index (χ0v) is 72.8. The second-order valence-electron chi connectivity index (χ2n) is 31.1. The molecule has 0 aliphatic carbocycles. The van der Waals surface area contributed by atoms with E-state index in [2.05, 4.69) is 89.4 Å². The molecule has 0 radical (unpaired) electrons. The molecule has 0 unspecified atom stereocenters. The van der Waals surface area contributed by atoms with Gasteiger partial charge in [-0.05, 0) is 146 Å². The Morgan fingerprint density at radius 3 is 1.20 bits per heavy atom. The van der Waals surface area contributed by atoms with Crippen molar-refractivity contribution in [3.05, 3.63) is 90.0 Å². The van der Waals surface area contributed by atoms with Crippen LogP contribution in [0.15, 0.2) is 78.2 Å². The minimum Gasteiger partial charge on any atom is -0.480 e. The molecule has 0 aliphatic heterocycles. The lowest BCUT2D eigenvalue weighted by Gasteiger charge is -2.30. The second kappa shape index (κ2) is 55.6. The minimum atomic E-state index is -1.52. The molecule has 0 spiro atoms. The van der Waals surface area contributed by atoms with Gasteiger partial charge in [-0.2, -0.15) is 11.8 Å². The lowest BCUT2D eigenvalue weighted by molar-refractivity contribution is -0.142. The number of aromatic amines is 1. The Morgan fingerprint density at radius 2 is 0.789 bits per heavy atom. The number of carbonyl (C=O) groups excluding carboxylic acids is 15. The predicted octanol–water partition coefficient (Wildman–Crippen LogP) is -4.23.